The number of ether oxygens (including phenoxy) is 1. The van der Waals surface area contributed by atoms with E-state index in [1.54, 1.807) is 26.0 Å². The molecule has 1 unspecified atom stereocenters. The topological polar surface area (TPSA) is 89.3 Å². The maximum absolute atomic E-state index is 13.7. The lowest BCUT2D eigenvalue weighted by molar-refractivity contribution is -0.129. The van der Waals surface area contributed by atoms with Crippen molar-refractivity contribution in [2.75, 3.05) is 13.2 Å². The second kappa shape index (κ2) is 8.57. The smallest absolute Gasteiger partial charge is 0.249 e. The van der Waals surface area contributed by atoms with E-state index in [1.165, 1.54) is 6.07 Å². The molecule has 26 heavy (non-hydrogen) atoms. The molecule has 1 aromatic heterocycles. The molecule has 2 aromatic rings. The number of carbonyl (C=O) groups is 1. The van der Waals surface area contributed by atoms with Crippen molar-refractivity contribution in [3.63, 3.8) is 0 Å². The van der Waals surface area contributed by atoms with E-state index in [4.69, 9.17) is 9.26 Å². The number of nitrogens with one attached hydrogen (secondary N) is 2. The molecule has 9 heteroatoms. The van der Waals surface area contributed by atoms with Crippen LogP contribution >= 0.6 is 12.4 Å². The van der Waals surface area contributed by atoms with Gasteiger partial charge in [0.2, 0.25) is 17.6 Å². The predicted molar refractivity (Wildman–Crippen MR) is 95.4 cm³/mol. The van der Waals surface area contributed by atoms with Crippen LogP contribution in [-0.4, -0.2) is 41.3 Å². The average Bonchev–Trinajstić information content (AvgIpc) is 3.08. The molecule has 2 heterocycles. The quantitative estimate of drug-likeness (QED) is 0.839. The Morgan fingerprint density at radius 3 is 2.92 bits per heavy atom. The van der Waals surface area contributed by atoms with Crippen LogP contribution in [0.2, 0.25) is 0 Å². The summed E-state index contributed by atoms with van der Waals surface area (Å²) in [5, 5.41) is 9.82. The van der Waals surface area contributed by atoms with Crippen LogP contribution in [0.3, 0.4) is 0 Å². The van der Waals surface area contributed by atoms with Gasteiger partial charge in [0.15, 0.2) is 0 Å². The van der Waals surface area contributed by atoms with Gasteiger partial charge >= 0.3 is 0 Å². The van der Waals surface area contributed by atoms with Crippen LogP contribution in [0.1, 0.15) is 31.3 Å². The number of carbonyl (C=O) groups excluding carboxylic acids is 1. The number of aromatic nitrogens is 2. The number of benzene rings is 1. The summed E-state index contributed by atoms with van der Waals surface area (Å²) in [7, 11) is 0. The minimum Gasteiger partial charge on any atom is -0.375 e. The molecule has 3 atom stereocenters. The zero-order valence-electron chi connectivity index (χ0n) is 14.8. The standard InChI is InChI=1S/C17H21FN4O3.ClH/c1-9-4-5-12(8-13(9)18)15-21-17(25-22-15)10(2)20-16(23)14-11(3)24-7-6-19-14;/h4-5,8,10-11,14,19H,6-7H2,1-3H3,(H,20,23);1H/t10?,11-,14+;/m1./s1. The fourth-order valence-corrected chi connectivity index (χ4v) is 2.65. The first-order valence-corrected chi connectivity index (χ1v) is 8.21. The highest BCUT2D eigenvalue weighted by molar-refractivity contribution is 5.85. The number of rotatable bonds is 4. The van der Waals surface area contributed by atoms with Crippen molar-refractivity contribution in [2.45, 2.75) is 39.0 Å². The van der Waals surface area contributed by atoms with E-state index in [0.717, 1.165) is 0 Å². The fourth-order valence-electron chi connectivity index (χ4n) is 2.65. The lowest BCUT2D eigenvalue weighted by Crippen LogP contribution is -2.55. The number of amides is 1. The van der Waals surface area contributed by atoms with E-state index in [1.807, 2.05) is 6.92 Å². The number of aryl methyl sites for hydroxylation is 1. The van der Waals surface area contributed by atoms with Gasteiger partial charge in [0.25, 0.3) is 0 Å². The highest BCUT2D eigenvalue weighted by atomic mass is 35.5. The molecule has 0 saturated carbocycles. The minimum atomic E-state index is -0.472. The molecule has 1 fully saturated rings. The van der Waals surface area contributed by atoms with E-state index in [9.17, 15) is 9.18 Å². The molecule has 0 spiro atoms. The van der Waals surface area contributed by atoms with Crippen molar-refractivity contribution in [1.29, 1.82) is 0 Å². The van der Waals surface area contributed by atoms with E-state index in [2.05, 4.69) is 20.8 Å². The van der Waals surface area contributed by atoms with Gasteiger partial charge in [-0.3, -0.25) is 4.79 Å². The zero-order chi connectivity index (χ0) is 18.0. The Morgan fingerprint density at radius 2 is 2.23 bits per heavy atom. The van der Waals surface area contributed by atoms with Gasteiger partial charge in [-0.1, -0.05) is 17.3 Å². The SMILES string of the molecule is Cc1ccc(-c2noc(C(C)NC(=O)[C@H]3NCCO[C@@H]3C)n2)cc1F.Cl. The average molecular weight is 385 g/mol. The highest BCUT2D eigenvalue weighted by Gasteiger charge is 2.30. The van der Waals surface area contributed by atoms with Gasteiger partial charge in [-0.15, -0.1) is 12.4 Å². The Morgan fingerprint density at radius 1 is 1.46 bits per heavy atom. The molecular formula is C17H22ClFN4O3. The fraction of sp³-hybridized carbons (Fsp3) is 0.471. The Bertz CT molecular complexity index is 770. The van der Waals surface area contributed by atoms with Crippen molar-refractivity contribution in [3.05, 3.63) is 35.5 Å². The molecule has 1 aliphatic heterocycles. The zero-order valence-corrected chi connectivity index (χ0v) is 15.6. The summed E-state index contributed by atoms with van der Waals surface area (Å²) in [6.07, 6.45) is -0.213. The van der Waals surface area contributed by atoms with Crippen LogP contribution in [0.25, 0.3) is 11.4 Å². The van der Waals surface area contributed by atoms with Gasteiger partial charge in [0, 0.05) is 12.1 Å². The summed E-state index contributed by atoms with van der Waals surface area (Å²) in [6, 6.07) is 3.84. The minimum absolute atomic E-state index is 0. The molecular weight excluding hydrogens is 363 g/mol. The molecule has 1 saturated heterocycles. The van der Waals surface area contributed by atoms with Crippen molar-refractivity contribution >= 4 is 18.3 Å². The van der Waals surface area contributed by atoms with E-state index >= 15 is 0 Å². The molecule has 1 aliphatic rings. The molecule has 142 valence electrons. The second-order valence-electron chi connectivity index (χ2n) is 6.16. The Kier molecular flexibility index (Phi) is 6.69. The van der Waals surface area contributed by atoms with Gasteiger partial charge in [-0.25, -0.2) is 4.39 Å². The van der Waals surface area contributed by atoms with Crippen LogP contribution in [0.4, 0.5) is 4.39 Å². The normalized spacial score (nSPS) is 20.9. The lowest BCUT2D eigenvalue weighted by atomic mass is 10.1. The number of nitrogens with zero attached hydrogens (tertiary/aromatic N) is 2. The van der Waals surface area contributed by atoms with Gasteiger partial charge < -0.3 is 19.9 Å². The Labute approximate surface area is 157 Å². The molecule has 3 rings (SSSR count). The first kappa shape index (κ1) is 20.3. The predicted octanol–water partition coefficient (Wildman–Crippen LogP) is 2.16. The van der Waals surface area contributed by atoms with E-state index in [0.29, 0.717) is 24.3 Å². The molecule has 7 nitrogen and oxygen atoms in total. The summed E-state index contributed by atoms with van der Waals surface area (Å²) < 4.78 is 24.4. The maximum atomic E-state index is 13.7. The monoisotopic (exact) mass is 384 g/mol. The van der Waals surface area contributed by atoms with Gasteiger partial charge in [-0.05, 0) is 32.4 Å². The lowest BCUT2D eigenvalue weighted by Gasteiger charge is -2.29. The number of hydrogen-bond acceptors (Lipinski definition) is 6. The first-order chi connectivity index (χ1) is 12.0. The number of hydrogen-bond donors (Lipinski definition) is 2. The van der Waals surface area contributed by atoms with Gasteiger partial charge in [-0.2, -0.15) is 4.98 Å². The summed E-state index contributed by atoms with van der Waals surface area (Å²) in [6.45, 7) is 6.49. The third-order valence-electron chi connectivity index (χ3n) is 4.20. The molecule has 0 aliphatic carbocycles. The third kappa shape index (κ3) is 4.38. The molecule has 0 bridgehead atoms. The second-order valence-corrected chi connectivity index (χ2v) is 6.16. The van der Waals surface area contributed by atoms with E-state index in [-0.39, 0.29) is 42.0 Å². The molecule has 2 N–H and O–H groups in total. The van der Waals surface area contributed by atoms with Crippen LogP contribution < -0.4 is 10.6 Å². The Balaban J connectivity index is 0.00000243. The van der Waals surface area contributed by atoms with Gasteiger partial charge in [0.1, 0.15) is 17.9 Å². The summed E-state index contributed by atoms with van der Waals surface area (Å²) in [5.41, 5.74) is 1.07. The molecule has 1 amide bonds. The summed E-state index contributed by atoms with van der Waals surface area (Å²) in [4.78, 5) is 16.6. The van der Waals surface area contributed by atoms with Crippen LogP contribution in [0.15, 0.2) is 22.7 Å². The van der Waals surface area contributed by atoms with Crippen molar-refractivity contribution in [1.82, 2.24) is 20.8 Å². The highest BCUT2D eigenvalue weighted by Crippen LogP contribution is 2.21. The van der Waals surface area contributed by atoms with Gasteiger partial charge in [0.05, 0.1) is 12.7 Å². The van der Waals surface area contributed by atoms with Crippen molar-refractivity contribution in [3.8, 4) is 11.4 Å². The number of halogens is 2. The summed E-state index contributed by atoms with van der Waals surface area (Å²) >= 11 is 0. The van der Waals surface area contributed by atoms with Crippen molar-refractivity contribution < 1.29 is 18.4 Å². The van der Waals surface area contributed by atoms with Crippen molar-refractivity contribution in [2.24, 2.45) is 0 Å². The molecule has 0 radical (unpaired) electrons. The summed E-state index contributed by atoms with van der Waals surface area (Å²) in [5.74, 6) is 0.0135. The maximum Gasteiger partial charge on any atom is 0.249 e. The van der Waals surface area contributed by atoms with Crippen LogP contribution in [-0.2, 0) is 9.53 Å². The van der Waals surface area contributed by atoms with Crippen LogP contribution in [0.5, 0.6) is 0 Å². The van der Waals surface area contributed by atoms with E-state index < -0.39 is 12.1 Å². The van der Waals surface area contributed by atoms with Crippen LogP contribution in [0, 0.1) is 12.7 Å². The first-order valence-electron chi connectivity index (χ1n) is 8.21. The Hall–Kier alpha value is -2.03. The largest absolute Gasteiger partial charge is 0.375 e. The number of morpholine rings is 1. The third-order valence-corrected chi connectivity index (χ3v) is 4.20. The molecule has 1 aromatic carbocycles.